The summed E-state index contributed by atoms with van der Waals surface area (Å²) in [6.45, 7) is 6.91. The van der Waals surface area contributed by atoms with Gasteiger partial charge in [-0.25, -0.2) is 4.79 Å². The van der Waals surface area contributed by atoms with Crippen LogP contribution in [0, 0.1) is 6.92 Å². The SMILES string of the molecule is CCOc1ccc2c(c1)c(C)c(C(=O)NC(Cc1c[nH]c3ccccc13)C(=O)O)n2CC. The number of nitrogens with one attached hydrogen (secondary N) is 2. The van der Waals surface area contributed by atoms with E-state index in [2.05, 4.69) is 10.3 Å². The first kappa shape index (κ1) is 21.5. The van der Waals surface area contributed by atoms with E-state index in [-0.39, 0.29) is 6.42 Å². The van der Waals surface area contributed by atoms with E-state index in [1.807, 2.05) is 67.8 Å². The zero-order valence-corrected chi connectivity index (χ0v) is 18.4. The Morgan fingerprint density at radius 3 is 2.66 bits per heavy atom. The number of para-hydroxylation sites is 1. The molecule has 1 atom stereocenters. The van der Waals surface area contributed by atoms with E-state index in [9.17, 15) is 14.7 Å². The minimum absolute atomic E-state index is 0.185. The second-order valence-corrected chi connectivity index (χ2v) is 7.76. The normalized spacial score (nSPS) is 12.2. The van der Waals surface area contributed by atoms with Crippen molar-refractivity contribution in [2.24, 2.45) is 0 Å². The molecule has 3 N–H and O–H groups in total. The van der Waals surface area contributed by atoms with E-state index in [1.165, 1.54) is 0 Å². The molecular formula is C25H27N3O4. The largest absolute Gasteiger partial charge is 0.494 e. The Hall–Kier alpha value is -3.74. The number of H-pyrrole nitrogens is 1. The summed E-state index contributed by atoms with van der Waals surface area (Å²) in [6.07, 6.45) is 1.99. The summed E-state index contributed by atoms with van der Waals surface area (Å²) in [4.78, 5) is 28.5. The molecule has 0 spiro atoms. The number of fused-ring (bicyclic) bond motifs is 2. The van der Waals surface area contributed by atoms with Crippen LogP contribution in [0.15, 0.2) is 48.7 Å². The Labute approximate surface area is 186 Å². The molecule has 2 heterocycles. The molecule has 166 valence electrons. The fraction of sp³-hybridized carbons (Fsp3) is 0.280. The van der Waals surface area contributed by atoms with Crippen LogP contribution in [0.25, 0.3) is 21.8 Å². The summed E-state index contributed by atoms with van der Waals surface area (Å²) in [5, 5.41) is 14.4. The molecule has 1 unspecified atom stereocenters. The maximum absolute atomic E-state index is 13.3. The van der Waals surface area contributed by atoms with Crippen LogP contribution >= 0.6 is 0 Å². The predicted octanol–water partition coefficient (Wildman–Crippen LogP) is 4.28. The Morgan fingerprint density at radius 1 is 1.16 bits per heavy atom. The summed E-state index contributed by atoms with van der Waals surface area (Å²) in [5.74, 6) is -0.726. The van der Waals surface area contributed by atoms with Crippen molar-refractivity contribution in [3.63, 3.8) is 0 Å². The van der Waals surface area contributed by atoms with E-state index < -0.39 is 17.9 Å². The number of carbonyl (C=O) groups is 2. The van der Waals surface area contributed by atoms with E-state index in [4.69, 9.17) is 4.74 Å². The number of nitrogens with zero attached hydrogens (tertiary/aromatic N) is 1. The van der Waals surface area contributed by atoms with E-state index in [0.29, 0.717) is 18.8 Å². The average molecular weight is 434 g/mol. The lowest BCUT2D eigenvalue weighted by Gasteiger charge is -2.16. The van der Waals surface area contributed by atoms with Gasteiger partial charge in [0.1, 0.15) is 17.5 Å². The summed E-state index contributed by atoms with van der Waals surface area (Å²) in [5.41, 5.74) is 3.98. The number of carboxylic acids is 1. The molecular weight excluding hydrogens is 406 g/mol. The Kier molecular flexibility index (Phi) is 5.90. The smallest absolute Gasteiger partial charge is 0.326 e. The van der Waals surface area contributed by atoms with Gasteiger partial charge >= 0.3 is 5.97 Å². The molecule has 0 saturated carbocycles. The lowest BCUT2D eigenvalue weighted by Crippen LogP contribution is -2.43. The van der Waals surface area contributed by atoms with Crippen LogP contribution in [0.4, 0.5) is 0 Å². The average Bonchev–Trinajstić information content (AvgIpc) is 3.32. The zero-order chi connectivity index (χ0) is 22.8. The van der Waals surface area contributed by atoms with Gasteiger partial charge in [0, 0.05) is 41.0 Å². The van der Waals surface area contributed by atoms with Gasteiger partial charge in [-0.2, -0.15) is 0 Å². The fourth-order valence-corrected chi connectivity index (χ4v) is 4.33. The third-order valence-corrected chi connectivity index (χ3v) is 5.83. The summed E-state index contributed by atoms with van der Waals surface area (Å²) in [7, 11) is 0. The number of carboxylic acid groups (broad SMARTS) is 1. The number of aromatic amines is 1. The van der Waals surface area contributed by atoms with Gasteiger partial charge in [-0.05, 0) is 56.2 Å². The fourth-order valence-electron chi connectivity index (χ4n) is 4.33. The minimum Gasteiger partial charge on any atom is -0.494 e. The Balaban J connectivity index is 1.66. The summed E-state index contributed by atoms with van der Waals surface area (Å²) in [6, 6.07) is 12.4. The number of aromatic nitrogens is 2. The van der Waals surface area contributed by atoms with Crippen molar-refractivity contribution in [3.8, 4) is 5.75 Å². The molecule has 0 aliphatic carbocycles. The molecule has 0 saturated heterocycles. The second kappa shape index (κ2) is 8.78. The summed E-state index contributed by atoms with van der Waals surface area (Å²) >= 11 is 0. The molecule has 7 heteroatoms. The van der Waals surface area contributed by atoms with Gasteiger partial charge in [0.25, 0.3) is 5.91 Å². The first-order valence-electron chi connectivity index (χ1n) is 10.8. The van der Waals surface area contributed by atoms with Crippen LogP contribution in [0.2, 0.25) is 0 Å². The summed E-state index contributed by atoms with van der Waals surface area (Å²) < 4.78 is 7.53. The highest BCUT2D eigenvalue weighted by Crippen LogP contribution is 2.29. The molecule has 2 aromatic heterocycles. The third-order valence-electron chi connectivity index (χ3n) is 5.83. The molecule has 4 aromatic rings. The first-order chi connectivity index (χ1) is 15.4. The third kappa shape index (κ3) is 3.82. The lowest BCUT2D eigenvalue weighted by atomic mass is 10.0. The molecule has 0 radical (unpaired) electrons. The number of carbonyl (C=O) groups excluding carboxylic acids is 1. The van der Waals surface area contributed by atoms with Crippen molar-refractivity contribution in [2.75, 3.05) is 6.61 Å². The van der Waals surface area contributed by atoms with Gasteiger partial charge < -0.3 is 24.7 Å². The van der Waals surface area contributed by atoms with E-state index in [0.717, 1.165) is 38.7 Å². The van der Waals surface area contributed by atoms with Crippen LogP contribution in [-0.2, 0) is 17.8 Å². The van der Waals surface area contributed by atoms with Crippen molar-refractivity contribution in [1.29, 1.82) is 0 Å². The van der Waals surface area contributed by atoms with Crippen molar-refractivity contribution >= 4 is 33.7 Å². The molecule has 1 amide bonds. The van der Waals surface area contributed by atoms with Crippen molar-refractivity contribution in [3.05, 3.63) is 65.5 Å². The van der Waals surface area contributed by atoms with Crippen LogP contribution in [0.5, 0.6) is 5.75 Å². The number of amides is 1. The monoisotopic (exact) mass is 433 g/mol. The Morgan fingerprint density at radius 2 is 1.94 bits per heavy atom. The van der Waals surface area contributed by atoms with E-state index >= 15 is 0 Å². The standard InChI is InChI=1S/C25H27N3O4/c1-4-28-22-11-10-17(32-5-2)13-19(22)15(3)23(28)24(29)27-21(25(30)31)12-16-14-26-20-9-7-6-8-18(16)20/h6-11,13-14,21,26H,4-5,12H2,1-3H3,(H,27,29)(H,30,31). The highest BCUT2D eigenvalue weighted by atomic mass is 16.5. The second-order valence-electron chi connectivity index (χ2n) is 7.76. The van der Waals surface area contributed by atoms with Gasteiger partial charge in [-0.3, -0.25) is 4.79 Å². The first-order valence-corrected chi connectivity index (χ1v) is 10.8. The molecule has 7 nitrogen and oxygen atoms in total. The molecule has 0 aliphatic rings. The van der Waals surface area contributed by atoms with Crippen molar-refractivity contribution in [2.45, 2.75) is 39.8 Å². The van der Waals surface area contributed by atoms with Gasteiger partial charge in [-0.15, -0.1) is 0 Å². The van der Waals surface area contributed by atoms with Crippen LogP contribution in [0.1, 0.15) is 35.5 Å². The topological polar surface area (TPSA) is 96.3 Å². The Bertz CT molecular complexity index is 1300. The number of ether oxygens (including phenoxy) is 1. The molecule has 32 heavy (non-hydrogen) atoms. The van der Waals surface area contributed by atoms with Gasteiger partial charge in [-0.1, -0.05) is 18.2 Å². The lowest BCUT2D eigenvalue weighted by molar-refractivity contribution is -0.139. The highest BCUT2D eigenvalue weighted by Gasteiger charge is 2.26. The zero-order valence-electron chi connectivity index (χ0n) is 18.4. The maximum atomic E-state index is 13.3. The molecule has 4 rings (SSSR count). The van der Waals surface area contributed by atoms with Crippen LogP contribution in [-0.4, -0.2) is 39.2 Å². The number of rotatable bonds is 8. The van der Waals surface area contributed by atoms with E-state index in [1.54, 1.807) is 6.20 Å². The highest BCUT2D eigenvalue weighted by molar-refractivity contribution is 6.03. The van der Waals surface area contributed by atoms with Crippen molar-refractivity contribution < 1.29 is 19.4 Å². The van der Waals surface area contributed by atoms with Crippen molar-refractivity contribution in [1.82, 2.24) is 14.9 Å². The molecule has 2 aromatic carbocycles. The number of benzene rings is 2. The molecule has 0 aliphatic heterocycles. The number of aryl methyl sites for hydroxylation is 2. The van der Waals surface area contributed by atoms with Gasteiger partial charge in [0.2, 0.25) is 0 Å². The quantitative estimate of drug-likeness (QED) is 0.387. The number of aliphatic carboxylic acids is 1. The van der Waals surface area contributed by atoms with Gasteiger partial charge in [0.05, 0.1) is 6.61 Å². The maximum Gasteiger partial charge on any atom is 0.326 e. The number of hydrogen-bond donors (Lipinski definition) is 3. The minimum atomic E-state index is -1.07. The predicted molar refractivity (Wildman–Crippen MR) is 124 cm³/mol. The van der Waals surface area contributed by atoms with Crippen LogP contribution in [0.3, 0.4) is 0 Å². The molecule has 0 bridgehead atoms. The van der Waals surface area contributed by atoms with Crippen LogP contribution < -0.4 is 10.1 Å². The van der Waals surface area contributed by atoms with Gasteiger partial charge in [0.15, 0.2) is 0 Å². The number of hydrogen-bond acceptors (Lipinski definition) is 3. The molecule has 0 fully saturated rings.